The normalized spacial score (nSPS) is 15.1. The third kappa shape index (κ3) is 3.59. The van der Waals surface area contributed by atoms with Crippen molar-refractivity contribution in [2.24, 2.45) is 0 Å². The van der Waals surface area contributed by atoms with Gasteiger partial charge in [-0.3, -0.25) is 14.7 Å². The van der Waals surface area contributed by atoms with Gasteiger partial charge in [-0.05, 0) is 34.5 Å². The summed E-state index contributed by atoms with van der Waals surface area (Å²) in [5, 5.41) is 3.45. The van der Waals surface area contributed by atoms with Crippen molar-refractivity contribution in [3.8, 4) is 0 Å². The Kier molecular flexibility index (Phi) is 4.70. The van der Waals surface area contributed by atoms with E-state index in [1.54, 1.807) is 0 Å². The first kappa shape index (κ1) is 17.8. The molecule has 0 unspecified atom stereocenters. The molecule has 0 atom stereocenters. The second-order valence-corrected chi connectivity index (χ2v) is 7.62. The molecule has 1 aliphatic rings. The Labute approximate surface area is 170 Å². The highest BCUT2D eigenvalue weighted by Crippen LogP contribution is 2.20. The highest BCUT2D eigenvalue weighted by Gasteiger charge is 2.22. The number of hydrogen-bond donors (Lipinski definition) is 0. The monoisotopic (exact) mass is 381 g/mol. The average Bonchev–Trinajstić information content (AvgIpc) is 2.79. The molecule has 1 amide bonds. The van der Waals surface area contributed by atoms with Crippen LogP contribution in [0.2, 0.25) is 0 Å². The van der Waals surface area contributed by atoms with Crippen molar-refractivity contribution in [1.29, 1.82) is 0 Å². The van der Waals surface area contributed by atoms with Gasteiger partial charge in [0.05, 0.1) is 5.52 Å². The van der Waals surface area contributed by atoms with E-state index in [1.165, 1.54) is 10.9 Å². The summed E-state index contributed by atoms with van der Waals surface area (Å²) < 4.78 is 0. The standard InChI is InChI=1S/C25H23N3O/c29-25(22-11-10-19-5-1-2-6-21(19)17-22)28-15-13-27(14-16-28)18-23-8-3-7-20-9-4-12-26-24(20)23/h1-12,17H,13-16,18H2. The molecule has 4 aromatic rings. The van der Waals surface area contributed by atoms with Crippen LogP contribution in [-0.2, 0) is 6.54 Å². The number of aromatic nitrogens is 1. The van der Waals surface area contributed by atoms with Crippen LogP contribution in [0.5, 0.6) is 0 Å². The van der Waals surface area contributed by atoms with E-state index in [0.29, 0.717) is 0 Å². The molecule has 3 aromatic carbocycles. The number of amides is 1. The summed E-state index contributed by atoms with van der Waals surface area (Å²) in [5.74, 6) is 0.127. The smallest absolute Gasteiger partial charge is 0.253 e. The Morgan fingerprint density at radius 1 is 0.793 bits per heavy atom. The highest BCUT2D eigenvalue weighted by atomic mass is 16.2. The summed E-state index contributed by atoms with van der Waals surface area (Å²) in [6, 6.07) is 24.6. The third-order valence-electron chi connectivity index (χ3n) is 5.77. The number of carbonyl (C=O) groups is 1. The molecule has 0 bridgehead atoms. The Hall–Kier alpha value is -3.24. The van der Waals surface area contributed by atoms with Crippen molar-refractivity contribution in [3.05, 3.63) is 90.1 Å². The van der Waals surface area contributed by atoms with Crippen LogP contribution in [0.1, 0.15) is 15.9 Å². The van der Waals surface area contributed by atoms with Crippen LogP contribution in [0.4, 0.5) is 0 Å². The minimum atomic E-state index is 0.127. The molecule has 1 aromatic heterocycles. The minimum absolute atomic E-state index is 0.127. The van der Waals surface area contributed by atoms with Crippen molar-refractivity contribution in [2.45, 2.75) is 6.54 Å². The summed E-state index contributed by atoms with van der Waals surface area (Å²) >= 11 is 0. The number of benzene rings is 3. The second-order valence-electron chi connectivity index (χ2n) is 7.62. The SMILES string of the molecule is O=C(c1ccc2ccccc2c1)N1CCN(Cc2cccc3cccnc23)CC1. The Morgan fingerprint density at radius 3 is 2.41 bits per heavy atom. The maximum atomic E-state index is 13.0. The van der Waals surface area contributed by atoms with Gasteiger partial charge in [0, 0.05) is 49.9 Å². The predicted molar refractivity (Wildman–Crippen MR) is 117 cm³/mol. The second kappa shape index (κ2) is 7.64. The lowest BCUT2D eigenvalue weighted by atomic mass is 10.1. The van der Waals surface area contributed by atoms with Crippen LogP contribution >= 0.6 is 0 Å². The van der Waals surface area contributed by atoms with Gasteiger partial charge in [-0.25, -0.2) is 0 Å². The molecular weight excluding hydrogens is 358 g/mol. The lowest BCUT2D eigenvalue weighted by Gasteiger charge is -2.35. The molecule has 5 rings (SSSR count). The van der Waals surface area contributed by atoms with Gasteiger partial charge in [-0.2, -0.15) is 0 Å². The average molecular weight is 381 g/mol. The molecule has 4 heteroatoms. The van der Waals surface area contributed by atoms with Crippen molar-refractivity contribution < 1.29 is 4.79 Å². The highest BCUT2D eigenvalue weighted by molar-refractivity contribution is 5.98. The molecule has 0 radical (unpaired) electrons. The number of hydrogen-bond acceptors (Lipinski definition) is 3. The molecule has 0 aliphatic carbocycles. The van der Waals surface area contributed by atoms with Gasteiger partial charge in [0.2, 0.25) is 0 Å². The van der Waals surface area contributed by atoms with Crippen LogP contribution < -0.4 is 0 Å². The summed E-state index contributed by atoms with van der Waals surface area (Å²) in [6.45, 7) is 4.13. The van der Waals surface area contributed by atoms with E-state index in [1.807, 2.05) is 47.5 Å². The van der Waals surface area contributed by atoms with Crippen LogP contribution in [0.3, 0.4) is 0 Å². The number of piperazine rings is 1. The van der Waals surface area contributed by atoms with Crippen LogP contribution in [-0.4, -0.2) is 46.9 Å². The third-order valence-corrected chi connectivity index (χ3v) is 5.77. The zero-order valence-electron chi connectivity index (χ0n) is 16.3. The molecule has 0 N–H and O–H groups in total. The van der Waals surface area contributed by atoms with E-state index in [0.717, 1.165) is 54.6 Å². The molecule has 2 heterocycles. The molecule has 29 heavy (non-hydrogen) atoms. The van der Waals surface area contributed by atoms with Gasteiger partial charge in [0.1, 0.15) is 0 Å². The van der Waals surface area contributed by atoms with Crippen LogP contribution in [0.15, 0.2) is 79.0 Å². The molecule has 4 nitrogen and oxygen atoms in total. The first-order valence-corrected chi connectivity index (χ1v) is 10.1. The van der Waals surface area contributed by atoms with Gasteiger partial charge >= 0.3 is 0 Å². The first-order chi connectivity index (χ1) is 14.3. The van der Waals surface area contributed by atoms with E-state index in [4.69, 9.17) is 0 Å². The molecule has 1 aliphatic heterocycles. The molecule has 1 saturated heterocycles. The largest absolute Gasteiger partial charge is 0.336 e. The molecule has 0 spiro atoms. The number of para-hydroxylation sites is 1. The maximum Gasteiger partial charge on any atom is 0.253 e. The lowest BCUT2D eigenvalue weighted by molar-refractivity contribution is 0.0629. The Morgan fingerprint density at radius 2 is 1.55 bits per heavy atom. The van der Waals surface area contributed by atoms with Crippen molar-refractivity contribution in [2.75, 3.05) is 26.2 Å². The molecule has 0 saturated carbocycles. The Bertz CT molecular complexity index is 1170. The minimum Gasteiger partial charge on any atom is -0.336 e. The number of carbonyl (C=O) groups excluding carboxylic acids is 1. The zero-order valence-corrected chi connectivity index (χ0v) is 16.3. The van der Waals surface area contributed by atoms with E-state index >= 15 is 0 Å². The number of rotatable bonds is 3. The fourth-order valence-corrected chi connectivity index (χ4v) is 4.15. The molecule has 1 fully saturated rings. The zero-order chi connectivity index (χ0) is 19.6. The van der Waals surface area contributed by atoms with E-state index in [9.17, 15) is 4.79 Å². The van der Waals surface area contributed by atoms with Crippen LogP contribution in [0, 0.1) is 0 Å². The Balaban J connectivity index is 1.26. The van der Waals surface area contributed by atoms with Crippen LogP contribution in [0.25, 0.3) is 21.7 Å². The van der Waals surface area contributed by atoms with Crippen molar-refractivity contribution >= 4 is 27.6 Å². The first-order valence-electron chi connectivity index (χ1n) is 10.1. The van der Waals surface area contributed by atoms with E-state index in [-0.39, 0.29) is 5.91 Å². The summed E-state index contributed by atoms with van der Waals surface area (Å²) in [6.07, 6.45) is 1.85. The fourth-order valence-electron chi connectivity index (χ4n) is 4.15. The summed E-state index contributed by atoms with van der Waals surface area (Å²) in [7, 11) is 0. The number of fused-ring (bicyclic) bond motifs is 2. The van der Waals surface area contributed by atoms with Gasteiger partial charge in [0.15, 0.2) is 0 Å². The number of pyridine rings is 1. The van der Waals surface area contributed by atoms with E-state index in [2.05, 4.69) is 46.3 Å². The maximum absolute atomic E-state index is 13.0. The van der Waals surface area contributed by atoms with Gasteiger partial charge < -0.3 is 4.90 Å². The summed E-state index contributed by atoms with van der Waals surface area (Å²) in [5.41, 5.74) is 3.09. The quantitative estimate of drug-likeness (QED) is 0.529. The van der Waals surface area contributed by atoms with Crippen molar-refractivity contribution in [1.82, 2.24) is 14.8 Å². The fraction of sp³-hybridized carbons (Fsp3) is 0.200. The summed E-state index contributed by atoms with van der Waals surface area (Å²) in [4.78, 5) is 21.9. The van der Waals surface area contributed by atoms with Gasteiger partial charge in [-0.1, -0.05) is 54.6 Å². The molecular formula is C25H23N3O. The number of nitrogens with zero attached hydrogens (tertiary/aromatic N) is 3. The topological polar surface area (TPSA) is 36.4 Å². The van der Waals surface area contributed by atoms with Crippen molar-refractivity contribution in [3.63, 3.8) is 0 Å². The van der Waals surface area contributed by atoms with Gasteiger partial charge in [0.25, 0.3) is 5.91 Å². The molecule has 144 valence electrons. The predicted octanol–water partition coefficient (Wildman–Crippen LogP) is 4.35. The lowest BCUT2D eigenvalue weighted by Crippen LogP contribution is -2.48. The van der Waals surface area contributed by atoms with E-state index < -0.39 is 0 Å². The van der Waals surface area contributed by atoms with Gasteiger partial charge in [-0.15, -0.1) is 0 Å².